The van der Waals surface area contributed by atoms with Crippen molar-refractivity contribution in [2.75, 3.05) is 0 Å². The third-order valence-electron chi connectivity index (χ3n) is 3.94. The summed E-state index contributed by atoms with van der Waals surface area (Å²) in [6.45, 7) is 3.55. The monoisotopic (exact) mass is 287 g/mol. The first-order valence-corrected chi connectivity index (χ1v) is 7.90. The summed E-state index contributed by atoms with van der Waals surface area (Å²) in [5.41, 5.74) is 1.07. The highest BCUT2D eigenvalue weighted by Gasteiger charge is 2.36. The van der Waals surface area contributed by atoms with Crippen LogP contribution < -0.4 is 0 Å². The Morgan fingerprint density at radius 2 is 1.90 bits per heavy atom. The maximum Gasteiger partial charge on any atom is 0.266 e. The number of hydrogen-bond donors (Lipinski definition) is 0. The predicted molar refractivity (Wildman–Crippen MR) is 79.9 cm³/mol. The van der Waals surface area contributed by atoms with Gasteiger partial charge in [-0.2, -0.15) is 0 Å². The van der Waals surface area contributed by atoms with Crippen LogP contribution in [0.4, 0.5) is 0 Å². The van der Waals surface area contributed by atoms with Crippen LogP contribution in [0.2, 0.25) is 0 Å². The highest BCUT2D eigenvalue weighted by Crippen LogP contribution is 2.38. The van der Waals surface area contributed by atoms with Crippen LogP contribution in [0.3, 0.4) is 0 Å². The number of benzene rings is 1. The molecule has 2 amide bonds. The second-order valence-electron chi connectivity index (χ2n) is 5.22. The lowest BCUT2D eigenvalue weighted by Gasteiger charge is -2.21. The normalized spacial score (nSPS) is 19.3. The van der Waals surface area contributed by atoms with Crippen LogP contribution in [-0.2, 0) is 0 Å². The van der Waals surface area contributed by atoms with Crippen LogP contribution in [0.1, 0.15) is 52.8 Å². The van der Waals surface area contributed by atoms with E-state index < -0.39 is 0 Å². The zero-order valence-corrected chi connectivity index (χ0v) is 12.1. The van der Waals surface area contributed by atoms with E-state index in [9.17, 15) is 9.59 Å². The fraction of sp³-hybridized carbons (Fsp3) is 0.375. The summed E-state index contributed by atoms with van der Waals surface area (Å²) >= 11 is 1.75. The molecule has 0 saturated heterocycles. The summed E-state index contributed by atoms with van der Waals surface area (Å²) in [5.74, 6) is -0.495. The van der Waals surface area contributed by atoms with E-state index in [4.69, 9.17) is 0 Å². The van der Waals surface area contributed by atoms with E-state index in [0.717, 1.165) is 9.80 Å². The highest BCUT2D eigenvalue weighted by molar-refractivity contribution is 8.00. The Morgan fingerprint density at radius 1 is 1.15 bits per heavy atom. The summed E-state index contributed by atoms with van der Waals surface area (Å²) in [6, 6.07) is 5.54. The van der Waals surface area contributed by atoms with E-state index in [2.05, 4.69) is 6.58 Å². The number of nitrogens with zero attached hydrogens (tertiary/aromatic N) is 1. The molecule has 0 unspecified atom stereocenters. The van der Waals surface area contributed by atoms with Gasteiger partial charge in [-0.15, -0.1) is 11.8 Å². The molecule has 20 heavy (non-hydrogen) atoms. The minimum absolute atomic E-state index is 0.237. The van der Waals surface area contributed by atoms with E-state index >= 15 is 0 Å². The van der Waals surface area contributed by atoms with Gasteiger partial charge in [-0.3, -0.25) is 9.59 Å². The molecule has 0 spiro atoms. The first-order valence-electron chi connectivity index (χ1n) is 7.02. The molecule has 1 aromatic carbocycles. The maximum absolute atomic E-state index is 12.3. The van der Waals surface area contributed by atoms with Crippen molar-refractivity contribution in [1.82, 2.24) is 4.90 Å². The quantitative estimate of drug-likeness (QED) is 0.792. The Hall–Kier alpha value is -1.55. The third-order valence-corrected chi connectivity index (χ3v) is 5.34. The highest BCUT2D eigenvalue weighted by atomic mass is 32.2. The van der Waals surface area contributed by atoms with Crippen LogP contribution in [-0.4, -0.2) is 22.0 Å². The fourth-order valence-corrected chi connectivity index (χ4v) is 4.30. The first kappa shape index (κ1) is 13.4. The molecule has 1 aromatic rings. The van der Waals surface area contributed by atoms with Crippen LogP contribution in [0, 0.1) is 0 Å². The molecule has 0 radical (unpaired) electrons. The minimum atomic E-state index is -0.258. The molecular weight excluding hydrogens is 270 g/mol. The number of thioether (sulfide) groups is 1. The van der Waals surface area contributed by atoms with Crippen molar-refractivity contribution in [2.24, 2.45) is 0 Å². The number of carbonyl (C=O) groups excluding carboxylic acids is 2. The van der Waals surface area contributed by atoms with Crippen molar-refractivity contribution in [3.8, 4) is 0 Å². The van der Waals surface area contributed by atoms with E-state index in [1.807, 2.05) is 12.1 Å². The molecule has 1 aliphatic carbocycles. The molecule has 0 atom stereocenters. The SMILES string of the molecule is C=CN1C(=O)c2cccc(SC3CCCCC3)c2C1=O. The second-order valence-corrected chi connectivity index (χ2v) is 6.56. The number of amides is 2. The van der Waals surface area contributed by atoms with E-state index in [-0.39, 0.29) is 11.8 Å². The standard InChI is InChI=1S/C16H17NO2S/c1-2-17-15(18)12-9-6-10-13(14(12)16(17)19)20-11-7-4-3-5-8-11/h2,6,9-11H,1,3-5,7-8H2. The third kappa shape index (κ3) is 2.18. The molecule has 1 fully saturated rings. The zero-order valence-electron chi connectivity index (χ0n) is 11.3. The Morgan fingerprint density at radius 3 is 2.60 bits per heavy atom. The zero-order chi connectivity index (χ0) is 14.1. The summed E-state index contributed by atoms with van der Waals surface area (Å²) < 4.78 is 0. The molecule has 2 aliphatic rings. The van der Waals surface area contributed by atoms with Gasteiger partial charge in [0.15, 0.2) is 0 Å². The number of carbonyl (C=O) groups is 2. The summed E-state index contributed by atoms with van der Waals surface area (Å²) in [4.78, 5) is 26.5. The second kappa shape index (κ2) is 5.44. The fourth-order valence-electron chi connectivity index (χ4n) is 2.90. The van der Waals surface area contributed by atoms with Gasteiger partial charge in [-0.1, -0.05) is 31.9 Å². The lowest BCUT2D eigenvalue weighted by molar-refractivity contribution is 0.0721. The molecule has 4 heteroatoms. The molecule has 1 saturated carbocycles. The number of fused-ring (bicyclic) bond motifs is 1. The van der Waals surface area contributed by atoms with Crippen molar-refractivity contribution in [3.63, 3.8) is 0 Å². The van der Waals surface area contributed by atoms with Gasteiger partial charge < -0.3 is 0 Å². The van der Waals surface area contributed by atoms with Crippen LogP contribution in [0.5, 0.6) is 0 Å². The van der Waals surface area contributed by atoms with Crippen molar-refractivity contribution in [3.05, 3.63) is 42.1 Å². The number of imide groups is 1. The lowest BCUT2D eigenvalue weighted by atomic mass is 10.0. The number of rotatable bonds is 3. The molecule has 3 rings (SSSR count). The van der Waals surface area contributed by atoms with Crippen molar-refractivity contribution < 1.29 is 9.59 Å². The molecular formula is C16H17NO2S. The van der Waals surface area contributed by atoms with Gasteiger partial charge in [0.05, 0.1) is 11.1 Å². The minimum Gasteiger partial charge on any atom is -0.268 e. The van der Waals surface area contributed by atoms with E-state index in [1.54, 1.807) is 17.8 Å². The molecule has 104 valence electrons. The van der Waals surface area contributed by atoms with E-state index in [0.29, 0.717) is 16.4 Å². The summed E-state index contributed by atoms with van der Waals surface area (Å²) in [7, 11) is 0. The predicted octanol–water partition coefficient (Wildman–Crippen LogP) is 3.85. The van der Waals surface area contributed by atoms with Gasteiger partial charge in [0, 0.05) is 16.3 Å². The summed E-state index contributed by atoms with van der Waals surface area (Å²) in [6.07, 6.45) is 7.53. The lowest BCUT2D eigenvalue weighted by Crippen LogP contribution is -2.23. The Kier molecular flexibility index (Phi) is 3.66. The molecule has 1 aliphatic heterocycles. The van der Waals surface area contributed by atoms with Crippen molar-refractivity contribution in [2.45, 2.75) is 42.2 Å². The van der Waals surface area contributed by atoms with Gasteiger partial charge in [0.2, 0.25) is 0 Å². The van der Waals surface area contributed by atoms with Gasteiger partial charge in [-0.05, 0) is 25.0 Å². The van der Waals surface area contributed by atoms with Crippen LogP contribution >= 0.6 is 11.8 Å². The first-order chi connectivity index (χ1) is 9.72. The van der Waals surface area contributed by atoms with Crippen molar-refractivity contribution in [1.29, 1.82) is 0 Å². The van der Waals surface area contributed by atoms with Crippen LogP contribution in [0.25, 0.3) is 0 Å². The Labute approximate surface area is 123 Å². The average molecular weight is 287 g/mol. The van der Waals surface area contributed by atoms with E-state index in [1.165, 1.54) is 38.3 Å². The molecule has 0 aromatic heterocycles. The number of hydrogen-bond acceptors (Lipinski definition) is 3. The van der Waals surface area contributed by atoms with Gasteiger partial charge >= 0.3 is 0 Å². The maximum atomic E-state index is 12.3. The largest absolute Gasteiger partial charge is 0.268 e. The smallest absolute Gasteiger partial charge is 0.266 e. The Balaban J connectivity index is 1.93. The van der Waals surface area contributed by atoms with Gasteiger partial charge in [-0.25, -0.2) is 4.90 Å². The topological polar surface area (TPSA) is 37.4 Å². The Bertz CT molecular complexity index is 576. The molecule has 0 bridgehead atoms. The molecule has 1 heterocycles. The average Bonchev–Trinajstić information content (AvgIpc) is 2.72. The van der Waals surface area contributed by atoms with Crippen LogP contribution in [0.15, 0.2) is 35.9 Å². The van der Waals surface area contributed by atoms with Gasteiger partial charge in [0.1, 0.15) is 0 Å². The molecule has 0 N–H and O–H groups in total. The molecule has 3 nitrogen and oxygen atoms in total. The summed E-state index contributed by atoms with van der Waals surface area (Å²) in [5, 5.41) is 0.566. The van der Waals surface area contributed by atoms with Crippen molar-refractivity contribution >= 4 is 23.6 Å². The van der Waals surface area contributed by atoms with Gasteiger partial charge in [0.25, 0.3) is 11.8 Å².